The van der Waals surface area contributed by atoms with Gasteiger partial charge in [-0.3, -0.25) is 9.36 Å². The molecule has 4 aromatic rings. The molecule has 0 saturated heterocycles. The van der Waals surface area contributed by atoms with Gasteiger partial charge in [0.05, 0.1) is 23.9 Å². The van der Waals surface area contributed by atoms with Gasteiger partial charge in [-0.2, -0.15) is 0 Å². The van der Waals surface area contributed by atoms with Crippen LogP contribution in [0.15, 0.2) is 53.7 Å². The van der Waals surface area contributed by atoms with E-state index in [0.29, 0.717) is 22.1 Å². The molecule has 0 spiro atoms. The van der Waals surface area contributed by atoms with Gasteiger partial charge < -0.3 is 10.1 Å². The second-order valence-electron chi connectivity index (χ2n) is 6.70. The average molecular weight is 479 g/mol. The largest absolute Gasteiger partial charge is 0.497 e. The van der Waals surface area contributed by atoms with Crippen LogP contribution in [0.25, 0.3) is 16.7 Å². The van der Waals surface area contributed by atoms with Crippen LogP contribution in [0.5, 0.6) is 5.75 Å². The molecule has 0 fully saturated rings. The van der Waals surface area contributed by atoms with Crippen molar-refractivity contribution in [2.75, 3.05) is 18.2 Å². The van der Waals surface area contributed by atoms with Crippen LogP contribution in [0.2, 0.25) is 0 Å². The van der Waals surface area contributed by atoms with Crippen LogP contribution in [0.3, 0.4) is 0 Å². The van der Waals surface area contributed by atoms with E-state index in [1.807, 2.05) is 12.1 Å². The van der Waals surface area contributed by atoms with E-state index in [-0.39, 0.29) is 0 Å². The Morgan fingerprint density at radius 3 is 2.18 bits per heavy atom. The van der Waals surface area contributed by atoms with Gasteiger partial charge in [0.1, 0.15) is 11.4 Å². The van der Waals surface area contributed by atoms with E-state index in [1.54, 1.807) is 46.3 Å². The SMILES string of the molecule is COc1ccc(-n2c(SCC(=O)Nc3c(F)c(F)c(F)c(F)c3F)nc3ccccc32)cc1. The van der Waals surface area contributed by atoms with Crippen molar-refractivity contribution in [3.8, 4) is 11.4 Å². The predicted molar refractivity (Wildman–Crippen MR) is 113 cm³/mol. The van der Waals surface area contributed by atoms with Crippen molar-refractivity contribution in [1.29, 1.82) is 0 Å². The first-order valence-corrected chi connectivity index (χ1v) is 10.4. The molecule has 4 rings (SSSR count). The summed E-state index contributed by atoms with van der Waals surface area (Å²) in [5, 5.41) is 2.14. The lowest BCUT2D eigenvalue weighted by molar-refractivity contribution is -0.113. The van der Waals surface area contributed by atoms with E-state index in [1.165, 1.54) is 7.11 Å². The first kappa shape index (κ1) is 22.6. The van der Waals surface area contributed by atoms with Crippen LogP contribution in [-0.4, -0.2) is 28.3 Å². The standard InChI is InChI=1S/C22H14F5N3O2S/c1-32-12-8-6-11(7-9-12)30-14-5-3-2-4-13(14)28-22(30)33-10-15(31)29-21-19(26)17(24)16(23)18(25)20(21)27/h2-9H,10H2,1H3,(H,29,31). The lowest BCUT2D eigenvalue weighted by Crippen LogP contribution is -2.18. The van der Waals surface area contributed by atoms with Gasteiger partial charge in [-0.1, -0.05) is 23.9 Å². The van der Waals surface area contributed by atoms with Crippen molar-refractivity contribution in [3.05, 3.63) is 77.6 Å². The molecule has 1 N–H and O–H groups in total. The Morgan fingerprint density at radius 2 is 1.55 bits per heavy atom. The van der Waals surface area contributed by atoms with Gasteiger partial charge in [-0.15, -0.1) is 0 Å². The number of anilines is 1. The van der Waals surface area contributed by atoms with E-state index in [2.05, 4.69) is 4.98 Å². The fraction of sp³-hybridized carbons (Fsp3) is 0.0909. The third-order valence-corrected chi connectivity index (χ3v) is 5.61. The lowest BCUT2D eigenvalue weighted by atomic mass is 10.2. The summed E-state index contributed by atoms with van der Waals surface area (Å²) in [7, 11) is 1.53. The maximum atomic E-state index is 13.8. The van der Waals surface area contributed by atoms with E-state index < -0.39 is 46.4 Å². The number of rotatable bonds is 6. The van der Waals surface area contributed by atoms with Gasteiger partial charge >= 0.3 is 0 Å². The Morgan fingerprint density at radius 1 is 0.939 bits per heavy atom. The van der Waals surface area contributed by atoms with Gasteiger partial charge in [0, 0.05) is 5.69 Å². The van der Waals surface area contributed by atoms with E-state index >= 15 is 0 Å². The minimum atomic E-state index is -2.30. The highest BCUT2D eigenvalue weighted by Gasteiger charge is 2.27. The van der Waals surface area contributed by atoms with E-state index in [0.717, 1.165) is 17.3 Å². The topological polar surface area (TPSA) is 56.1 Å². The molecule has 0 saturated carbocycles. The number of ether oxygens (including phenoxy) is 1. The zero-order valence-corrected chi connectivity index (χ0v) is 17.7. The van der Waals surface area contributed by atoms with Gasteiger partial charge in [0.25, 0.3) is 0 Å². The minimum Gasteiger partial charge on any atom is -0.497 e. The summed E-state index contributed by atoms with van der Waals surface area (Å²) in [5.74, 6) is -11.6. The molecule has 0 unspecified atom stereocenters. The quantitative estimate of drug-likeness (QED) is 0.173. The molecular weight excluding hydrogens is 465 g/mol. The molecular formula is C22H14F5N3O2S. The molecule has 11 heteroatoms. The summed E-state index contributed by atoms with van der Waals surface area (Å²) in [6.07, 6.45) is 0. The molecule has 0 bridgehead atoms. The number of nitrogens with one attached hydrogen (secondary N) is 1. The fourth-order valence-electron chi connectivity index (χ4n) is 3.10. The Labute approximate surface area is 188 Å². The Balaban J connectivity index is 1.61. The fourth-order valence-corrected chi connectivity index (χ4v) is 3.93. The number of carbonyl (C=O) groups excluding carboxylic acids is 1. The van der Waals surface area contributed by atoms with Gasteiger partial charge in [0.2, 0.25) is 11.7 Å². The molecule has 1 aromatic heterocycles. The molecule has 0 aliphatic heterocycles. The smallest absolute Gasteiger partial charge is 0.235 e. The Kier molecular flexibility index (Phi) is 6.23. The van der Waals surface area contributed by atoms with Crippen LogP contribution < -0.4 is 10.1 Å². The van der Waals surface area contributed by atoms with Crippen LogP contribution >= 0.6 is 11.8 Å². The minimum absolute atomic E-state index is 0.383. The lowest BCUT2D eigenvalue weighted by Gasteiger charge is -2.11. The molecule has 0 aliphatic carbocycles. The summed E-state index contributed by atoms with van der Waals surface area (Å²) >= 11 is 0.930. The van der Waals surface area contributed by atoms with Gasteiger partial charge in [-0.25, -0.2) is 26.9 Å². The molecule has 0 radical (unpaired) electrons. The highest BCUT2D eigenvalue weighted by molar-refractivity contribution is 7.99. The molecule has 33 heavy (non-hydrogen) atoms. The number of hydrogen-bond donors (Lipinski definition) is 1. The zero-order chi connectivity index (χ0) is 23.7. The molecule has 3 aromatic carbocycles. The van der Waals surface area contributed by atoms with Crippen LogP contribution in [-0.2, 0) is 4.79 Å². The van der Waals surface area contributed by atoms with Gasteiger partial charge in [-0.05, 0) is 36.4 Å². The number of para-hydroxylation sites is 2. The maximum absolute atomic E-state index is 13.8. The summed E-state index contributed by atoms with van der Waals surface area (Å²) in [4.78, 5) is 16.8. The summed E-state index contributed by atoms with van der Waals surface area (Å²) in [6, 6.07) is 14.3. The number of amides is 1. The predicted octanol–water partition coefficient (Wildman–Crippen LogP) is 5.46. The Hall–Kier alpha value is -3.60. The summed E-state index contributed by atoms with van der Waals surface area (Å²) in [6.45, 7) is 0. The first-order chi connectivity index (χ1) is 15.8. The average Bonchev–Trinajstić information content (AvgIpc) is 3.21. The maximum Gasteiger partial charge on any atom is 0.235 e. The summed E-state index contributed by atoms with van der Waals surface area (Å²) < 4.78 is 74.6. The molecule has 0 atom stereocenters. The van der Waals surface area contributed by atoms with E-state index in [4.69, 9.17) is 4.74 Å². The van der Waals surface area contributed by atoms with Crippen molar-refractivity contribution in [2.24, 2.45) is 0 Å². The number of aromatic nitrogens is 2. The molecule has 1 heterocycles. The second-order valence-corrected chi connectivity index (χ2v) is 7.64. The molecule has 1 amide bonds. The number of fused-ring (bicyclic) bond motifs is 1. The third-order valence-electron chi connectivity index (χ3n) is 4.67. The number of methoxy groups -OCH3 is 1. The highest BCUT2D eigenvalue weighted by Crippen LogP contribution is 2.30. The third kappa shape index (κ3) is 4.23. The van der Waals surface area contributed by atoms with Crippen molar-refractivity contribution < 1.29 is 31.5 Å². The second kappa shape index (κ2) is 9.10. The number of benzene rings is 3. The van der Waals surface area contributed by atoms with Crippen LogP contribution in [0.1, 0.15) is 0 Å². The monoisotopic (exact) mass is 479 g/mol. The van der Waals surface area contributed by atoms with Crippen molar-refractivity contribution >= 4 is 34.4 Å². The van der Waals surface area contributed by atoms with Crippen LogP contribution in [0.4, 0.5) is 27.6 Å². The van der Waals surface area contributed by atoms with Crippen molar-refractivity contribution in [2.45, 2.75) is 5.16 Å². The highest BCUT2D eigenvalue weighted by atomic mass is 32.2. The molecule has 5 nitrogen and oxygen atoms in total. The summed E-state index contributed by atoms with van der Waals surface area (Å²) in [5.41, 5.74) is 0.689. The first-order valence-electron chi connectivity index (χ1n) is 9.37. The number of halogens is 5. The number of thioether (sulfide) groups is 1. The number of hydrogen-bond acceptors (Lipinski definition) is 4. The number of nitrogens with zero attached hydrogens (tertiary/aromatic N) is 2. The number of imidazole rings is 1. The van der Waals surface area contributed by atoms with Crippen LogP contribution in [0, 0.1) is 29.1 Å². The Bertz CT molecular complexity index is 1330. The van der Waals surface area contributed by atoms with Crippen molar-refractivity contribution in [1.82, 2.24) is 9.55 Å². The van der Waals surface area contributed by atoms with E-state index in [9.17, 15) is 26.7 Å². The van der Waals surface area contributed by atoms with Gasteiger partial charge in [0.15, 0.2) is 28.4 Å². The zero-order valence-electron chi connectivity index (χ0n) is 16.8. The molecule has 0 aliphatic rings. The number of carbonyl (C=O) groups is 1. The van der Waals surface area contributed by atoms with Crippen molar-refractivity contribution in [3.63, 3.8) is 0 Å². The molecule has 170 valence electrons. The normalized spacial score (nSPS) is 11.1.